The number of fused-ring (bicyclic) bond motifs is 1. The van der Waals surface area contributed by atoms with E-state index >= 15 is 0 Å². The summed E-state index contributed by atoms with van der Waals surface area (Å²) >= 11 is 0. The lowest BCUT2D eigenvalue weighted by Crippen LogP contribution is -2.42. The molecule has 1 N–H and O–H groups in total. The minimum Gasteiger partial charge on any atom is -0.487 e. The van der Waals surface area contributed by atoms with Crippen molar-refractivity contribution < 1.29 is 14.2 Å². The second-order valence-electron chi connectivity index (χ2n) is 6.38. The van der Waals surface area contributed by atoms with Crippen molar-refractivity contribution in [2.45, 2.75) is 50.7 Å². The number of rotatable bonds is 2. The van der Waals surface area contributed by atoms with E-state index in [9.17, 15) is 9.50 Å². The largest absolute Gasteiger partial charge is 0.487 e. The fourth-order valence-electron chi connectivity index (χ4n) is 3.68. The smallest absolute Gasteiger partial charge is 0.126 e. The van der Waals surface area contributed by atoms with Crippen molar-refractivity contribution in [3.05, 3.63) is 29.6 Å². The summed E-state index contributed by atoms with van der Waals surface area (Å²) in [6.45, 7) is 5.44. The molecule has 2 aliphatic heterocycles. The zero-order chi connectivity index (χ0) is 14.9. The maximum absolute atomic E-state index is 13.3. The third-order valence-corrected chi connectivity index (χ3v) is 4.75. The Morgan fingerprint density at radius 3 is 3.05 bits per heavy atom. The second kappa shape index (κ2) is 5.93. The van der Waals surface area contributed by atoms with Gasteiger partial charge in [0.15, 0.2) is 0 Å². The number of benzene rings is 1. The molecule has 3 nitrogen and oxygen atoms in total. The van der Waals surface area contributed by atoms with E-state index in [0.29, 0.717) is 17.7 Å². The van der Waals surface area contributed by atoms with Crippen LogP contribution in [0.25, 0.3) is 0 Å². The SMILES string of the molecule is CCCN1CCCC2(CC1)CC(O)c1cc(F)ccc1O2. The van der Waals surface area contributed by atoms with E-state index in [-0.39, 0.29) is 11.4 Å². The molecule has 0 aromatic heterocycles. The van der Waals surface area contributed by atoms with Gasteiger partial charge in [0.05, 0.1) is 6.10 Å². The summed E-state index contributed by atoms with van der Waals surface area (Å²) in [6.07, 6.45) is 4.09. The van der Waals surface area contributed by atoms with E-state index in [1.54, 1.807) is 6.07 Å². The van der Waals surface area contributed by atoms with Crippen LogP contribution >= 0.6 is 0 Å². The Morgan fingerprint density at radius 1 is 1.38 bits per heavy atom. The van der Waals surface area contributed by atoms with Crippen LogP contribution in [-0.4, -0.2) is 35.2 Å². The number of hydrogen-bond donors (Lipinski definition) is 1. The van der Waals surface area contributed by atoms with Gasteiger partial charge in [-0.1, -0.05) is 6.92 Å². The molecular formula is C17H24FNO2. The van der Waals surface area contributed by atoms with Gasteiger partial charge in [-0.25, -0.2) is 4.39 Å². The second-order valence-corrected chi connectivity index (χ2v) is 6.38. The predicted molar refractivity (Wildman–Crippen MR) is 79.9 cm³/mol. The topological polar surface area (TPSA) is 32.7 Å². The Bertz CT molecular complexity index is 508. The summed E-state index contributed by atoms with van der Waals surface area (Å²) in [5.74, 6) is 0.335. The number of likely N-dealkylation sites (tertiary alicyclic amines) is 1. The Hall–Kier alpha value is -1.13. The molecule has 2 unspecified atom stereocenters. The highest BCUT2D eigenvalue weighted by Crippen LogP contribution is 2.44. The van der Waals surface area contributed by atoms with Crippen LogP contribution in [0, 0.1) is 5.82 Å². The molecule has 0 amide bonds. The number of nitrogens with zero attached hydrogens (tertiary/aromatic N) is 1. The van der Waals surface area contributed by atoms with Crippen molar-refractivity contribution in [1.82, 2.24) is 4.90 Å². The van der Waals surface area contributed by atoms with Crippen molar-refractivity contribution in [2.75, 3.05) is 19.6 Å². The van der Waals surface area contributed by atoms with Crippen molar-refractivity contribution in [3.63, 3.8) is 0 Å². The lowest BCUT2D eigenvalue weighted by atomic mass is 9.83. The highest BCUT2D eigenvalue weighted by molar-refractivity contribution is 5.38. The zero-order valence-electron chi connectivity index (χ0n) is 12.6. The minimum atomic E-state index is -0.623. The van der Waals surface area contributed by atoms with Crippen LogP contribution in [0.1, 0.15) is 50.7 Å². The van der Waals surface area contributed by atoms with Gasteiger partial charge in [-0.15, -0.1) is 0 Å². The van der Waals surface area contributed by atoms with Gasteiger partial charge in [-0.05, 0) is 57.0 Å². The fourth-order valence-corrected chi connectivity index (χ4v) is 3.68. The van der Waals surface area contributed by atoms with E-state index in [0.717, 1.165) is 38.9 Å². The molecule has 1 aromatic carbocycles. The molecule has 116 valence electrons. The molecule has 1 spiro atoms. The highest BCUT2D eigenvalue weighted by Gasteiger charge is 2.41. The average molecular weight is 293 g/mol. The summed E-state index contributed by atoms with van der Waals surface area (Å²) in [4.78, 5) is 2.48. The fraction of sp³-hybridized carbons (Fsp3) is 0.647. The van der Waals surface area contributed by atoms with Gasteiger partial charge < -0.3 is 14.7 Å². The van der Waals surface area contributed by atoms with Crippen LogP contribution < -0.4 is 4.74 Å². The van der Waals surface area contributed by atoms with Crippen LogP contribution in [0.15, 0.2) is 18.2 Å². The van der Waals surface area contributed by atoms with Crippen LogP contribution in [0.3, 0.4) is 0 Å². The standard InChI is InChI=1S/C17H24FNO2/c1-2-8-19-9-3-6-17(7-10-19)12-15(20)14-11-13(18)4-5-16(14)21-17/h4-5,11,15,20H,2-3,6-10,12H2,1H3. The molecule has 1 aromatic rings. The summed E-state index contributed by atoms with van der Waals surface area (Å²) in [7, 11) is 0. The molecule has 1 saturated heterocycles. The summed E-state index contributed by atoms with van der Waals surface area (Å²) in [5.41, 5.74) is 0.308. The molecule has 0 aliphatic carbocycles. The maximum Gasteiger partial charge on any atom is 0.126 e. The molecule has 0 saturated carbocycles. The Balaban J connectivity index is 1.79. The molecule has 2 aliphatic rings. The van der Waals surface area contributed by atoms with E-state index in [2.05, 4.69) is 11.8 Å². The zero-order valence-corrected chi connectivity index (χ0v) is 12.6. The van der Waals surface area contributed by atoms with Gasteiger partial charge in [0.25, 0.3) is 0 Å². The van der Waals surface area contributed by atoms with E-state index in [1.807, 2.05) is 0 Å². The van der Waals surface area contributed by atoms with E-state index < -0.39 is 6.10 Å². The van der Waals surface area contributed by atoms with E-state index in [4.69, 9.17) is 4.74 Å². The van der Waals surface area contributed by atoms with Gasteiger partial charge in [0.2, 0.25) is 0 Å². The highest BCUT2D eigenvalue weighted by atomic mass is 19.1. The molecule has 2 heterocycles. The van der Waals surface area contributed by atoms with Crippen LogP contribution in [0.5, 0.6) is 5.75 Å². The third kappa shape index (κ3) is 3.06. The lowest BCUT2D eigenvalue weighted by Gasteiger charge is -2.40. The molecule has 21 heavy (non-hydrogen) atoms. The number of halogens is 1. The maximum atomic E-state index is 13.3. The molecule has 0 radical (unpaired) electrons. The minimum absolute atomic E-state index is 0.285. The number of ether oxygens (including phenoxy) is 1. The van der Waals surface area contributed by atoms with Crippen molar-refractivity contribution >= 4 is 0 Å². The Morgan fingerprint density at radius 2 is 2.24 bits per heavy atom. The Kier molecular flexibility index (Phi) is 4.18. The van der Waals surface area contributed by atoms with Crippen molar-refractivity contribution in [3.8, 4) is 5.75 Å². The number of aliphatic hydroxyl groups excluding tert-OH is 1. The predicted octanol–water partition coefficient (Wildman–Crippen LogP) is 3.28. The molecule has 1 fully saturated rings. The normalized spacial score (nSPS) is 29.8. The monoisotopic (exact) mass is 293 g/mol. The van der Waals surface area contributed by atoms with Gasteiger partial charge >= 0.3 is 0 Å². The Labute approximate surface area is 125 Å². The summed E-state index contributed by atoms with van der Waals surface area (Å²) in [5, 5.41) is 10.4. The van der Waals surface area contributed by atoms with Gasteiger partial charge in [-0.3, -0.25) is 0 Å². The lowest BCUT2D eigenvalue weighted by molar-refractivity contribution is -0.0241. The first-order valence-corrected chi connectivity index (χ1v) is 8.01. The number of hydrogen-bond acceptors (Lipinski definition) is 3. The van der Waals surface area contributed by atoms with Crippen LogP contribution in [-0.2, 0) is 0 Å². The molecular weight excluding hydrogens is 269 g/mol. The summed E-state index contributed by atoms with van der Waals surface area (Å²) in [6, 6.07) is 4.46. The molecule has 0 bridgehead atoms. The third-order valence-electron chi connectivity index (χ3n) is 4.75. The van der Waals surface area contributed by atoms with Gasteiger partial charge in [0, 0.05) is 18.5 Å². The average Bonchev–Trinajstić information content (AvgIpc) is 2.64. The van der Waals surface area contributed by atoms with Crippen molar-refractivity contribution in [2.24, 2.45) is 0 Å². The van der Waals surface area contributed by atoms with E-state index in [1.165, 1.54) is 18.6 Å². The summed E-state index contributed by atoms with van der Waals surface area (Å²) < 4.78 is 19.6. The van der Waals surface area contributed by atoms with Gasteiger partial charge in [-0.2, -0.15) is 0 Å². The first-order valence-electron chi connectivity index (χ1n) is 8.01. The van der Waals surface area contributed by atoms with Gasteiger partial charge in [0.1, 0.15) is 17.2 Å². The molecule has 4 heteroatoms. The first kappa shape index (κ1) is 14.8. The first-order chi connectivity index (χ1) is 10.1. The number of aliphatic hydroxyl groups is 1. The van der Waals surface area contributed by atoms with Crippen LogP contribution in [0.4, 0.5) is 4.39 Å². The quantitative estimate of drug-likeness (QED) is 0.908. The van der Waals surface area contributed by atoms with Crippen molar-refractivity contribution in [1.29, 1.82) is 0 Å². The molecule has 2 atom stereocenters. The van der Waals surface area contributed by atoms with Crippen LogP contribution in [0.2, 0.25) is 0 Å². The molecule has 3 rings (SSSR count).